The Morgan fingerprint density at radius 2 is 2.18 bits per heavy atom. The van der Waals surface area contributed by atoms with Crippen LogP contribution >= 0.6 is 0 Å². The lowest BCUT2D eigenvalue weighted by Crippen LogP contribution is -2.37. The summed E-state index contributed by atoms with van der Waals surface area (Å²) in [6.45, 7) is 1.45. The summed E-state index contributed by atoms with van der Waals surface area (Å²) >= 11 is 0. The SMILES string of the molecule is CNc1ncc(F)c(N(C)C2CCOCC2)n1. The summed E-state index contributed by atoms with van der Waals surface area (Å²) < 4.78 is 19.0. The number of halogens is 1. The predicted octanol–water partition coefficient (Wildman–Crippen LogP) is 1.27. The molecule has 1 aliphatic rings. The number of aromatic nitrogens is 2. The van der Waals surface area contributed by atoms with Crippen molar-refractivity contribution in [2.45, 2.75) is 18.9 Å². The molecule has 1 saturated heterocycles. The third-order valence-corrected chi connectivity index (χ3v) is 3.02. The third kappa shape index (κ3) is 2.63. The van der Waals surface area contributed by atoms with Gasteiger partial charge in [0.2, 0.25) is 5.95 Å². The minimum Gasteiger partial charge on any atom is -0.381 e. The second kappa shape index (κ2) is 5.27. The number of hydrogen-bond acceptors (Lipinski definition) is 5. The van der Waals surface area contributed by atoms with Crippen molar-refractivity contribution in [2.75, 3.05) is 37.5 Å². The van der Waals surface area contributed by atoms with Gasteiger partial charge in [-0.05, 0) is 12.8 Å². The highest BCUT2D eigenvalue weighted by Gasteiger charge is 2.22. The van der Waals surface area contributed by atoms with Gasteiger partial charge >= 0.3 is 0 Å². The van der Waals surface area contributed by atoms with Crippen LogP contribution in [0.3, 0.4) is 0 Å². The number of rotatable bonds is 3. The molecule has 1 aliphatic heterocycles. The largest absolute Gasteiger partial charge is 0.381 e. The van der Waals surface area contributed by atoms with E-state index in [1.165, 1.54) is 6.20 Å². The molecule has 1 aromatic heterocycles. The van der Waals surface area contributed by atoms with Gasteiger partial charge in [-0.3, -0.25) is 0 Å². The van der Waals surface area contributed by atoms with Crippen LogP contribution in [0.1, 0.15) is 12.8 Å². The van der Waals surface area contributed by atoms with E-state index in [0.29, 0.717) is 11.8 Å². The van der Waals surface area contributed by atoms with E-state index < -0.39 is 5.82 Å². The summed E-state index contributed by atoms with van der Waals surface area (Å²) in [5.41, 5.74) is 0. The first-order chi connectivity index (χ1) is 8.22. The first kappa shape index (κ1) is 12.0. The molecule has 6 heteroatoms. The number of nitrogens with one attached hydrogen (secondary N) is 1. The number of ether oxygens (including phenoxy) is 1. The minimum atomic E-state index is -0.391. The highest BCUT2D eigenvalue weighted by Crippen LogP contribution is 2.22. The third-order valence-electron chi connectivity index (χ3n) is 3.02. The molecular weight excluding hydrogens is 223 g/mol. The van der Waals surface area contributed by atoms with E-state index in [1.807, 2.05) is 11.9 Å². The summed E-state index contributed by atoms with van der Waals surface area (Å²) in [6.07, 6.45) is 2.99. The molecular formula is C11H17FN4O. The zero-order valence-corrected chi connectivity index (χ0v) is 10.1. The van der Waals surface area contributed by atoms with Gasteiger partial charge in [-0.25, -0.2) is 9.37 Å². The van der Waals surface area contributed by atoms with Gasteiger partial charge in [-0.2, -0.15) is 4.98 Å². The molecule has 2 rings (SSSR count). The van der Waals surface area contributed by atoms with Crippen LogP contribution < -0.4 is 10.2 Å². The second-order valence-electron chi connectivity index (χ2n) is 4.07. The number of hydrogen-bond donors (Lipinski definition) is 1. The zero-order valence-electron chi connectivity index (χ0n) is 10.1. The normalized spacial score (nSPS) is 16.9. The molecule has 0 aliphatic carbocycles. The van der Waals surface area contributed by atoms with Gasteiger partial charge in [-0.1, -0.05) is 0 Å². The van der Waals surface area contributed by atoms with Crippen LogP contribution in [0.15, 0.2) is 6.20 Å². The average molecular weight is 240 g/mol. The van der Waals surface area contributed by atoms with Crippen LogP contribution in [0, 0.1) is 5.82 Å². The fourth-order valence-electron chi connectivity index (χ4n) is 1.97. The fraction of sp³-hybridized carbons (Fsp3) is 0.636. The Hall–Kier alpha value is -1.43. The average Bonchev–Trinajstić information content (AvgIpc) is 2.39. The number of anilines is 2. The van der Waals surface area contributed by atoms with Crippen molar-refractivity contribution in [2.24, 2.45) is 0 Å². The Labute approximate surface area is 100 Å². The molecule has 0 bridgehead atoms. The van der Waals surface area contributed by atoms with E-state index >= 15 is 0 Å². The highest BCUT2D eigenvalue weighted by atomic mass is 19.1. The maximum Gasteiger partial charge on any atom is 0.224 e. The Kier molecular flexibility index (Phi) is 3.73. The quantitative estimate of drug-likeness (QED) is 0.862. The van der Waals surface area contributed by atoms with Crippen molar-refractivity contribution in [3.05, 3.63) is 12.0 Å². The Balaban J connectivity index is 2.19. The lowest BCUT2D eigenvalue weighted by molar-refractivity contribution is 0.0852. The van der Waals surface area contributed by atoms with Crippen molar-refractivity contribution in [1.29, 1.82) is 0 Å². The van der Waals surface area contributed by atoms with Gasteiger partial charge < -0.3 is 15.0 Å². The van der Waals surface area contributed by atoms with Crippen LogP contribution in [0.25, 0.3) is 0 Å². The Bertz CT molecular complexity index is 382. The van der Waals surface area contributed by atoms with Crippen molar-refractivity contribution in [3.63, 3.8) is 0 Å². The Morgan fingerprint density at radius 3 is 2.82 bits per heavy atom. The first-order valence-electron chi connectivity index (χ1n) is 5.73. The van der Waals surface area contributed by atoms with E-state index in [4.69, 9.17) is 4.74 Å². The molecule has 5 nitrogen and oxygen atoms in total. The summed E-state index contributed by atoms with van der Waals surface area (Å²) in [7, 11) is 3.58. The maximum atomic E-state index is 13.7. The summed E-state index contributed by atoms with van der Waals surface area (Å²) in [4.78, 5) is 9.87. The smallest absolute Gasteiger partial charge is 0.224 e. The summed E-state index contributed by atoms with van der Waals surface area (Å²) in [5.74, 6) is 0.384. The second-order valence-corrected chi connectivity index (χ2v) is 4.07. The molecule has 0 spiro atoms. The topological polar surface area (TPSA) is 50.3 Å². The number of nitrogens with zero attached hydrogens (tertiary/aromatic N) is 3. The van der Waals surface area contributed by atoms with E-state index in [2.05, 4.69) is 15.3 Å². The van der Waals surface area contributed by atoms with Crippen LogP contribution in [0.5, 0.6) is 0 Å². The van der Waals surface area contributed by atoms with Gasteiger partial charge in [0, 0.05) is 33.4 Å². The molecule has 0 unspecified atom stereocenters. The monoisotopic (exact) mass is 240 g/mol. The maximum absolute atomic E-state index is 13.7. The first-order valence-corrected chi connectivity index (χ1v) is 5.73. The van der Waals surface area contributed by atoms with Crippen LogP contribution in [-0.4, -0.2) is 43.3 Å². The van der Waals surface area contributed by atoms with Crippen LogP contribution in [-0.2, 0) is 4.74 Å². The van der Waals surface area contributed by atoms with E-state index in [9.17, 15) is 4.39 Å². The molecule has 0 aromatic carbocycles. The van der Waals surface area contributed by atoms with Crippen LogP contribution in [0.4, 0.5) is 16.2 Å². The van der Waals surface area contributed by atoms with Gasteiger partial charge in [0.25, 0.3) is 0 Å². The van der Waals surface area contributed by atoms with E-state index in [1.54, 1.807) is 7.05 Å². The lowest BCUT2D eigenvalue weighted by atomic mass is 10.1. The molecule has 1 N–H and O–H groups in total. The molecule has 1 aromatic rings. The van der Waals surface area contributed by atoms with E-state index in [0.717, 1.165) is 26.1 Å². The lowest BCUT2D eigenvalue weighted by Gasteiger charge is -2.32. The van der Waals surface area contributed by atoms with Crippen molar-refractivity contribution >= 4 is 11.8 Å². The standard InChI is InChI=1S/C11H17FN4O/c1-13-11-14-7-9(12)10(15-11)16(2)8-3-5-17-6-4-8/h7-8H,3-6H2,1-2H3,(H,13,14,15). The minimum absolute atomic E-state index is 0.276. The molecule has 2 heterocycles. The van der Waals surface area contributed by atoms with Gasteiger partial charge in [0.05, 0.1) is 6.20 Å². The highest BCUT2D eigenvalue weighted by molar-refractivity contribution is 5.44. The van der Waals surface area contributed by atoms with Crippen LogP contribution in [0.2, 0.25) is 0 Å². The van der Waals surface area contributed by atoms with Crippen molar-refractivity contribution in [3.8, 4) is 0 Å². The molecule has 94 valence electrons. The van der Waals surface area contributed by atoms with Gasteiger partial charge in [-0.15, -0.1) is 0 Å². The van der Waals surface area contributed by atoms with E-state index in [-0.39, 0.29) is 6.04 Å². The van der Waals surface area contributed by atoms with Crippen molar-refractivity contribution < 1.29 is 9.13 Å². The zero-order chi connectivity index (χ0) is 12.3. The van der Waals surface area contributed by atoms with Gasteiger partial charge in [0.1, 0.15) is 0 Å². The molecule has 1 fully saturated rings. The molecule has 0 radical (unpaired) electrons. The Morgan fingerprint density at radius 1 is 1.47 bits per heavy atom. The van der Waals surface area contributed by atoms with Gasteiger partial charge in [0.15, 0.2) is 11.6 Å². The molecule has 0 saturated carbocycles. The predicted molar refractivity (Wildman–Crippen MR) is 63.8 cm³/mol. The molecule has 17 heavy (non-hydrogen) atoms. The molecule has 0 amide bonds. The molecule has 0 atom stereocenters. The van der Waals surface area contributed by atoms with Crippen molar-refractivity contribution in [1.82, 2.24) is 9.97 Å². The summed E-state index contributed by atoms with van der Waals surface area (Å²) in [5, 5.41) is 2.81. The summed E-state index contributed by atoms with van der Waals surface area (Å²) in [6, 6.07) is 0.276. The fourth-order valence-corrected chi connectivity index (χ4v) is 1.97.